The second-order valence-electron chi connectivity index (χ2n) is 6.01. The number of aromatic nitrogens is 5. The monoisotopic (exact) mass is 318 g/mol. The van der Waals surface area contributed by atoms with Gasteiger partial charge in [-0.3, -0.25) is 4.98 Å². The maximum atomic E-state index is 4.68. The van der Waals surface area contributed by atoms with E-state index in [0.717, 1.165) is 45.0 Å². The van der Waals surface area contributed by atoms with Crippen LogP contribution in [0.2, 0.25) is 0 Å². The van der Waals surface area contributed by atoms with Crippen LogP contribution in [0.5, 0.6) is 0 Å². The molecule has 6 nitrogen and oxygen atoms in total. The molecule has 0 aliphatic heterocycles. The maximum absolute atomic E-state index is 4.68. The molecule has 120 valence electrons. The Morgan fingerprint density at radius 3 is 2.71 bits per heavy atom. The number of aryl methyl sites for hydroxylation is 3. The largest absolute Gasteiger partial charge is 0.366 e. The highest BCUT2D eigenvalue weighted by atomic mass is 15.3. The molecule has 0 amide bonds. The molecule has 0 aliphatic carbocycles. The number of fused-ring (bicyclic) bond motifs is 3. The van der Waals surface area contributed by atoms with E-state index in [1.54, 1.807) is 6.20 Å². The van der Waals surface area contributed by atoms with Crippen molar-refractivity contribution >= 4 is 22.5 Å². The van der Waals surface area contributed by atoms with E-state index in [1.807, 2.05) is 42.8 Å². The number of pyridine rings is 2. The van der Waals surface area contributed by atoms with Crippen LogP contribution in [0.3, 0.4) is 0 Å². The van der Waals surface area contributed by atoms with Gasteiger partial charge in [0.25, 0.3) is 0 Å². The predicted octanol–water partition coefficient (Wildman–Crippen LogP) is 3.21. The smallest absolute Gasteiger partial charge is 0.184 e. The summed E-state index contributed by atoms with van der Waals surface area (Å²) in [6.45, 7) is 6.72. The quantitative estimate of drug-likeness (QED) is 0.628. The zero-order valence-corrected chi connectivity index (χ0v) is 13.9. The Morgan fingerprint density at radius 2 is 1.92 bits per heavy atom. The summed E-state index contributed by atoms with van der Waals surface area (Å²) in [7, 11) is 0. The normalized spacial score (nSPS) is 11.3. The van der Waals surface area contributed by atoms with Crippen molar-refractivity contribution in [2.75, 3.05) is 5.32 Å². The molecule has 4 aromatic rings. The number of rotatable bonds is 3. The molecule has 4 heterocycles. The Labute approximate surface area is 139 Å². The molecule has 6 heteroatoms. The van der Waals surface area contributed by atoms with Crippen molar-refractivity contribution < 1.29 is 0 Å². The first-order chi connectivity index (χ1) is 11.6. The lowest BCUT2D eigenvalue weighted by Crippen LogP contribution is -2.06. The molecule has 1 N–H and O–H groups in total. The summed E-state index contributed by atoms with van der Waals surface area (Å²) in [5.41, 5.74) is 5.73. The van der Waals surface area contributed by atoms with Gasteiger partial charge in [0.1, 0.15) is 5.82 Å². The van der Waals surface area contributed by atoms with Crippen LogP contribution in [-0.4, -0.2) is 24.6 Å². The molecule has 0 saturated carbocycles. The molecular weight excluding hydrogens is 300 g/mol. The summed E-state index contributed by atoms with van der Waals surface area (Å²) in [6, 6.07) is 8.04. The molecule has 0 spiro atoms. The van der Waals surface area contributed by atoms with Gasteiger partial charge in [-0.15, -0.1) is 5.10 Å². The zero-order valence-electron chi connectivity index (χ0n) is 13.9. The van der Waals surface area contributed by atoms with Crippen LogP contribution < -0.4 is 5.32 Å². The van der Waals surface area contributed by atoms with E-state index in [0.29, 0.717) is 6.54 Å². The van der Waals surface area contributed by atoms with E-state index < -0.39 is 0 Å². The van der Waals surface area contributed by atoms with E-state index in [9.17, 15) is 0 Å². The first-order valence-corrected chi connectivity index (χ1v) is 7.89. The minimum absolute atomic E-state index is 0.675. The van der Waals surface area contributed by atoms with E-state index in [2.05, 4.69) is 38.4 Å². The van der Waals surface area contributed by atoms with Gasteiger partial charge in [-0.1, -0.05) is 6.07 Å². The number of hydrogen-bond acceptors (Lipinski definition) is 5. The summed E-state index contributed by atoms with van der Waals surface area (Å²) in [6.07, 6.45) is 3.63. The maximum Gasteiger partial charge on any atom is 0.184 e. The van der Waals surface area contributed by atoms with Crippen LogP contribution in [0.25, 0.3) is 16.7 Å². The van der Waals surface area contributed by atoms with Crippen LogP contribution in [0.4, 0.5) is 5.82 Å². The number of nitrogens with zero attached hydrogens (tertiary/aromatic N) is 5. The molecule has 0 saturated heterocycles. The third-order valence-electron chi connectivity index (χ3n) is 4.00. The van der Waals surface area contributed by atoms with Crippen molar-refractivity contribution in [3.05, 3.63) is 59.2 Å². The van der Waals surface area contributed by atoms with Crippen LogP contribution >= 0.6 is 0 Å². The molecule has 24 heavy (non-hydrogen) atoms. The van der Waals surface area contributed by atoms with Gasteiger partial charge >= 0.3 is 0 Å². The minimum atomic E-state index is 0.675. The average Bonchev–Trinajstić information content (AvgIpc) is 2.91. The van der Waals surface area contributed by atoms with Gasteiger partial charge in [0.2, 0.25) is 0 Å². The Kier molecular flexibility index (Phi) is 3.37. The molecule has 4 rings (SSSR count). The van der Waals surface area contributed by atoms with Crippen molar-refractivity contribution in [1.29, 1.82) is 0 Å². The lowest BCUT2D eigenvalue weighted by atomic mass is 10.2. The highest BCUT2D eigenvalue weighted by Gasteiger charge is 2.14. The van der Waals surface area contributed by atoms with Crippen LogP contribution in [-0.2, 0) is 6.54 Å². The summed E-state index contributed by atoms with van der Waals surface area (Å²) in [5, 5.41) is 9.10. The van der Waals surface area contributed by atoms with Crippen molar-refractivity contribution in [1.82, 2.24) is 24.6 Å². The molecule has 0 aromatic carbocycles. The zero-order chi connectivity index (χ0) is 16.7. The van der Waals surface area contributed by atoms with E-state index >= 15 is 0 Å². The molecule has 0 unspecified atom stereocenters. The predicted molar refractivity (Wildman–Crippen MR) is 94.1 cm³/mol. The fraction of sp³-hybridized carbons (Fsp3) is 0.222. The highest BCUT2D eigenvalue weighted by molar-refractivity contribution is 5.93. The third-order valence-corrected chi connectivity index (χ3v) is 4.00. The lowest BCUT2D eigenvalue weighted by Gasteiger charge is -2.09. The minimum Gasteiger partial charge on any atom is -0.366 e. The first kappa shape index (κ1) is 14.6. The van der Waals surface area contributed by atoms with Gasteiger partial charge in [0.05, 0.1) is 5.39 Å². The number of anilines is 1. The standard InChI is InChI=1S/C18H18N6/c1-11-7-12(2)21-17-16(11)18-22-13(3)8-15(24(18)23-17)20-10-14-5-4-6-19-9-14/h4-9,20H,10H2,1-3H3. The van der Waals surface area contributed by atoms with Gasteiger partial charge in [0.15, 0.2) is 11.3 Å². The van der Waals surface area contributed by atoms with Crippen molar-refractivity contribution in [3.63, 3.8) is 0 Å². The SMILES string of the molecule is Cc1cc(C)c2c(n1)nn1c(NCc3cccnc3)cc(C)nc21. The Hall–Kier alpha value is -3.02. The Morgan fingerprint density at radius 1 is 1.08 bits per heavy atom. The van der Waals surface area contributed by atoms with E-state index in [4.69, 9.17) is 0 Å². The molecule has 0 bridgehead atoms. The Balaban J connectivity index is 1.85. The van der Waals surface area contributed by atoms with Gasteiger partial charge < -0.3 is 5.32 Å². The topological polar surface area (TPSA) is 68.0 Å². The van der Waals surface area contributed by atoms with Crippen LogP contribution in [0.15, 0.2) is 36.7 Å². The average molecular weight is 318 g/mol. The van der Waals surface area contributed by atoms with Gasteiger partial charge in [-0.25, -0.2) is 9.97 Å². The lowest BCUT2D eigenvalue weighted by molar-refractivity contribution is 0.921. The van der Waals surface area contributed by atoms with Gasteiger partial charge in [0, 0.05) is 36.4 Å². The van der Waals surface area contributed by atoms with Crippen molar-refractivity contribution in [2.45, 2.75) is 27.3 Å². The second-order valence-corrected chi connectivity index (χ2v) is 6.01. The van der Waals surface area contributed by atoms with Crippen molar-refractivity contribution in [3.8, 4) is 0 Å². The van der Waals surface area contributed by atoms with E-state index in [-0.39, 0.29) is 0 Å². The number of hydrogen-bond donors (Lipinski definition) is 1. The fourth-order valence-corrected chi connectivity index (χ4v) is 2.96. The van der Waals surface area contributed by atoms with Crippen LogP contribution in [0, 0.1) is 20.8 Å². The summed E-state index contributed by atoms with van der Waals surface area (Å²) < 4.78 is 1.84. The first-order valence-electron chi connectivity index (χ1n) is 7.89. The molecule has 0 radical (unpaired) electrons. The molecular formula is C18H18N6. The molecule has 0 aliphatic rings. The Bertz CT molecular complexity index is 1040. The summed E-state index contributed by atoms with van der Waals surface area (Å²) in [5.74, 6) is 0.899. The fourth-order valence-electron chi connectivity index (χ4n) is 2.96. The third kappa shape index (κ3) is 2.46. The number of nitrogens with one attached hydrogen (secondary N) is 1. The molecule has 0 fully saturated rings. The molecule has 0 atom stereocenters. The summed E-state index contributed by atoms with van der Waals surface area (Å²) in [4.78, 5) is 13.4. The molecule has 4 aromatic heterocycles. The second kappa shape index (κ2) is 5.56. The van der Waals surface area contributed by atoms with Gasteiger partial charge in [-0.05, 0) is 44.0 Å². The van der Waals surface area contributed by atoms with Crippen molar-refractivity contribution in [2.24, 2.45) is 0 Å². The highest BCUT2D eigenvalue weighted by Crippen LogP contribution is 2.24. The van der Waals surface area contributed by atoms with Crippen LogP contribution in [0.1, 0.15) is 22.5 Å². The van der Waals surface area contributed by atoms with Gasteiger partial charge in [-0.2, -0.15) is 4.52 Å². The summed E-state index contributed by atoms with van der Waals surface area (Å²) >= 11 is 0. The van der Waals surface area contributed by atoms with E-state index in [1.165, 1.54) is 0 Å².